The highest BCUT2D eigenvalue weighted by Gasteiger charge is 2.21. The Balaban J connectivity index is 1.90. The molecule has 2 heterocycles. The number of carbonyl (C=O) groups is 2. The van der Waals surface area contributed by atoms with Crippen molar-refractivity contribution >= 4 is 45.6 Å². The Bertz CT molecular complexity index is 1220. The second-order valence-electron chi connectivity index (χ2n) is 7.77. The molecule has 0 saturated heterocycles. The monoisotopic (exact) mass is 445 g/mol. The van der Waals surface area contributed by atoms with Crippen molar-refractivity contribution in [3.05, 3.63) is 44.5 Å². The average molecular weight is 446 g/mol. The molecule has 0 radical (unpaired) electrons. The van der Waals surface area contributed by atoms with Crippen molar-refractivity contribution in [2.24, 2.45) is 0 Å². The van der Waals surface area contributed by atoms with Crippen LogP contribution >= 0.6 is 11.8 Å². The summed E-state index contributed by atoms with van der Waals surface area (Å²) in [7, 11) is 0. The summed E-state index contributed by atoms with van der Waals surface area (Å²) in [5, 5.41) is 13.6. The third-order valence-corrected chi connectivity index (χ3v) is 6.43. The number of fused-ring (bicyclic) bond motifs is 2. The van der Waals surface area contributed by atoms with E-state index in [1.807, 2.05) is 40.0 Å². The first kappa shape index (κ1) is 22.9. The molecule has 0 bridgehead atoms. The van der Waals surface area contributed by atoms with E-state index < -0.39 is 23.5 Å². The lowest BCUT2D eigenvalue weighted by Gasteiger charge is -2.14. The quantitative estimate of drug-likeness (QED) is 0.504. The van der Waals surface area contributed by atoms with Crippen molar-refractivity contribution in [1.29, 1.82) is 0 Å². The zero-order valence-corrected chi connectivity index (χ0v) is 19.2. The van der Waals surface area contributed by atoms with Gasteiger partial charge >= 0.3 is 11.6 Å². The van der Waals surface area contributed by atoms with Gasteiger partial charge in [-0.3, -0.25) is 4.79 Å². The number of carboxylic acids is 1. The highest BCUT2D eigenvalue weighted by molar-refractivity contribution is 7.98. The van der Waals surface area contributed by atoms with E-state index in [1.54, 1.807) is 0 Å². The number of thioether (sulfide) groups is 1. The Morgan fingerprint density at radius 1 is 1.06 bits per heavy atom. The maximum absolute atomic E-state index is 12.7. The molecule has 1 atom stereocenters. The number of rotatable bonds is 8. The van der Waals surface area contributed by atoms with Crippen molar-refractivity contribution in [2.45, 2.75) is 53.0 Å². The molecule has 1 amide bonds. The van der Waals surface area contributed by atoms with Crippen LogP contribution in [0.15, 0.2) is 19.7 Å². The van der Waals surface area contributed by atoms with Gasteiger partial charge in [-0.25, -0.2) is 9.59 Å². The van der Waals surface area contributed by atoms with Crippen LogP contribution in [-0.4, -0.2) is 35.0 Å². The van der Waals surface area contributed by atoms with Gasteiger partial charge in [0, 0.05) is 28.3 Å². The molecule has 0 saturated carbocycles. The Labute approximate surface area is 184 Å². The van der Waals surface area contributed by atoms with E-state index in [0.29, 0.717) is 28.9 Å². The number of aryl methyl sites for hydroxylation is 4. The van der Waals surface area contributed by atoms with Gasteiger partial charge in [0.25, 0.3) is 0 Å². The smallest absolute Gasteiger partial charge is 0.339 e. The van der Waals surface area contributed by atoms with Gasteiger partial charge in [-0.2, -0.15) is 11.8 Å². The predicted octanol–water partition coefficient (Wildman–Crippen LogP) is 4.03. The summed E-state index contributed by atoms with van der Waals surface area (Å²) in [6, 6.07) is 1.03. The van der Waals surface area contributed by atoms with Gasteiger partial charge in [0.15, 0.2) is 0 Å². The molecule has 0 aliphatic heterocycles. The van der Waals surface area contributed by atoms with E-state index in [4.69, 9.17) is 8.83 Å². The van der Waals surface area contributed by atoms with E-state index in [9.17, 15) is 19.5 Å². The topological polar surface area (TPSA) is 110 Å². The van der Waals surface area contributed by atoms with Crippen LogP contribution in [0.3, 0.4) is 0 Å². The zero-order chi connectivity index (χ0) is 22.9. The Morgan fingerprint density at radius 3 is 2.35 bits per heavy atom. The number of aliphatic carboxylic acids is 1. The first-order chi connectivity index (χ1) is 14.6. The summed E-state index contributed by atoms with van der Waals surface area (Å²) >= 11 is 1.52. The standard InChI is InChI=1S/C23H27NO6S/c1-11-14(4)29-20-13(3)21-17(10-16(11)20)12(2)15(23(28)30-21)6-7-19(25)24-18(22(26)27)8-9-31-5/h10,18H,6-9H2,1-5H3,(H,24,25)(H,26,27)/t18-/m0/s1. The molecule has 8 heteroatoms. The summed E-state index contributed by atoms with van der Waals surface area (Å²) in [5.41, 5.74) is 3.71. The van der Waals surface area contributed by atoms with E-state index in [2.05, 4.69) is 5.32 Å². The lowest BCUT2D eigenvalue weighted by Crippen LogP contribution is -2.41. The first-order valence-corrected chi connectivity index (χ1v) is 11.5. The number of carboxylic acid groups (broad SMARTS) is 1. The number of hydrogen-bond acceptors (Lipinski definition) is 6. The number of benzene rings is 1. The normalized spacial score (nSPS) is 12.4. The van der Waals surface area contributed by atoms with Gasteiger partial charge in [0.2, 0.25) is 5.91 Å². The summed E-state index contributed by atoms with van der Waals surface area (Å²) in [6.45, 7) is 7.60. The minimum atomic E-state index is -1.06. The van der Waals surface area contributed by atoms with E-state index >= 15 is 0 Å². The fourth-order valence-corrected chi connectivity index (χ4v) is 4.25. The van der Waals surface area contributed by atoms with Gasteiger partial charge in [0.1, 0.15) is 23.0 Å². The molecule has 166 valence electrons. The number of furan rings is 1. The van der Waals surface area contributed by atoms with Crippen LogP contribution in [0.1, 0.15) is 40.9 Å². The van der Waals surface area contributed by atoms with Crippen molar-refractivity contribution in [3.8, 4) is 0 Å². The molecule has 7 nitrogen and oxygen atoms in total. The average Bonchev–Trinajstić information content (AvgIpc) is 3.00. The zero-order valence-electron chi connectivity index (χ0n) is 18.4. The Kier molecular flexibility index (Phi) is 6.79. The van der Waals surface area contributed by atoms with Crippen LogP contribution in [0.2, 0.25) is 0 Å². The highest BCUT2D eigenvalue weighted by Crippen LogP contribution is 2.34. The summed E-state index contributed by atoms with van der Waals surface area (Å²) in [6.07, 6.45) is 2.40. The molecular formula is C23H27NO6S. The van der Waals surface area contributed by atoms with E-state index in [0.717, 1.165) is 33.2 Å². The molecule has 0 aliphatic rings. The SMILES string of the molecule is CSCC[C@H](NC(=O)CCc1c(C)c2cc3c(C)c(C)oc3c(C)c2oc1=O)C(=O)O. The second kappa shape index (κ2) is 9.18. The van der Waals surface area contributed by atoms with Gasteiger partial charge in [-0.1, -0.05) is 0 Å². The summed E-state index contributed by atoms with van der Waals surface area (Å²) in [5.74, 6) is -0.0140. The van der Waals surface area contributed by atoms with Gasteiger partial charge in [-0.15, -0.1) is 0 Å². The van der Waals surface area contributed by atoms with E-state index in [-0.39, 0.29) is 12.8 Å². The minimum Gasteiger partial charge on any atom is -0.480 e. The van der Waals surface area contributed by atoms with Crippen molar-refractivity contribution in [2.75, 3.05) is 12.0 Å². The highest BCUT2D eigenvalue weighted by atomic mass is 32.2. The van der Waals surface area contributed by atoms with E-state index in [1.165, 1.54) is 11.8 Å². The predicted molar refractivity (Wildman–Crippen MR) is 122 cm³/mol. The van der Waals surface area contributed by atoms with Crippen LogP contribution < -0.4 is 10.9 Å². The number of carbonyl (C=O) groups excluding carboxylic acids is 1. The fourth-order valence-electron chi connectivity index (χ4n) is 3.78. The van der Waals surface area contributed by atoms with Crippen molar-refractivity contribution in [1.82, 2.24) is 5.32 Å². The Hall–Kier alpha value is -2.74. The lowest BCUT2D eigenvalue weighted by atomic mass is 9.98. The van der Waals surface area contributed by atoms with Crippen LogP contribution in [0.5, 0.6) is 0 Å². The molecule has 0 unspecified atom stereocenters. The van der Waals surface area contributed by atoms with Gasteiger partial charge in [-0.05, 0) is 69.7 Å². The molecule has 31 heavy (non-hydrogen) atoms. The number of hydrogen-bond donors (Lipinski definition) is 2. The third-order valence-electron chi connectivity index (χ3n) is 5.79. The lowest BCUT2D eigenvalue weighted by molar-refractivity contribution is -0.141. The molecule has 0 aliphatic carbocycles. The van der Waals surface area contributed by atoms with Gasteiger partial charge < -0.3 is 19.3 Å². The number of nitrogens with one attached hydrogen (secondary N) is 1. The molecule has 1 aromatic carbocycles. The molecular weight excluding hydrogens is 418 g/mol. The van der Waals surface area contributed by atoms with Crippen LogP contribution in [0.4, 0.5) is 0 Å². The van der Waals surface area contributed by atoms with Crippen molar-refractivity contribution < 1.29 is 23.5 Å². The molecule has 2 N–H and O–H groups in total. The number of amides is 1. The van der Waals surface area contributed by atoms with Crippen LogP contribution in [0.25, 0.3) is 21.9 Å². The summed E-state index contributed by atoms with van der Waals surface area (Å²) < 4.78 is 11.5. The molecule has 0 spiro atoms. The Morgan fingerprint density at radius 2 is 1.71 bits per heavy atom. The third kappa shape index (κ3) is 4.49. The first-order valence-electron chi connectivity index (χ1n) is 10.1. The summed E-state index contributed by atoms with van der Waals surface area (Å²) in [4.78, 5) is 36.3. The molecule has 0 fully saturated rings. The second-order valence-corrected chi connectivity index (χ2v) is 8.76. The molecule has 3 aromatic rings. The largest absolute Gasteiger partial charge is 0.480 e. The van der Waals surface area contributed by atoms with Crippen molar-refractivity contribution in [3.63, 3.8) is 0 Å². The fraction of sp³-hybridized carbons (Fsp3) is 0.435. The van der Waals surface area contributed by atoms with Gasteiger partial charge in [0.05, 0.1) is 0 Å². The molecule has 3 rings (SSSR count). The van der Waals surface area contributed by atoms with Crippen LogP contribution in [-0.2, 0) is 16.0 Å². The molecule has 2 aromatic heterocycles. The maximum Gasteiger partial charge on any atom is 0.339 e. The minimum absolute atomic E-state index is 0.00519. The maximum atomic E-state index is 12.7. The van der Waals surface area contributed by atoms with Crippen LogP contribution in [0, 0.1) is 27.7 Å².